The third kappa shape index (κ3) is 4.86. The molecule has 0 spiro atoms. The second-order valence-corrected chi connectivity index (χ2v) is 4.63. The summed E-state index contributed by atoms with van der Waals surface area (Å²) < 4.78 is 4.85. The smallest absolute Gasteiger partial charge is 0.0897 e. The van der Waals surface area contributed by atoms with E-state index in [0.29, 0.717) is 19.2 Å². The zero-order chi connectivity index (χ0) is 9.52. The van der Waals surface area contributed by atoms with Crippen molar-refractivity contribution >= 4 is 11.8 Å². The van der Waals surface area contributed by atoms with Crippen LogP contribution in [0.25, 0.3) is 0 Å². The van der Waals surface area contributed by atoms with Crippen LogP contribution in [0.2, 0.25) is 0 Å². The Morgan fingerprint density at radius 3 is 2.85 bits per heavy atom. The van der Waals surface area contributed by atoms with Gasteiger partial charge in [0.05, 0.1) is 12.7 Å². The van der Waals surface area contributed by atoms with Gasteiger partial charge in [-0.25, -0.2) is 0 Å². The Balaban J connectivity index is 2.03. The molecule has 1 atom stereocenters. The van der Waals surface area contributed by atoms with Crippen molar-refractivity contribution in [3.8, 4) is 0 Å². The van der Waals surface area contributed by atoms with Gasteiger partial charge in [0.15, 0.2) is 0 Å². The number of aliphatic hydroxyl groups is 1. The lowest BCUT2D eigenvalue weighted by atomic mass is 10.1. The van der Waals surface area contributed by atoms with Crippen LogP contribution in [0.1, 0.15) is 12.8 Å². The van der Waals surface area contributed by atoms with Crippen molar-refractivity contribution in [2.24, 2.45) is 0 Å². The zero-order valence-corrected chi connectivity index (χ0v) is 8.98. The van der Waals surface area contributed by atoms with Gasteiger partial charge in [-0.2, -0.15) is 11.8 Å². The quantitative estimate of drug-likeness (QED) is 0.685. The normalized spacial score (nSPS) is 21.7. The van der Waals surface area contributed by atoms with Crippen LogP contribution in [0.15, 0.2) is 0 Å². The summed E-state index contributed by atoms with van der Waals surface area (Å²) >= 11 is 2.02. The predicted octanol–water partition coefficient (Wildman–Crippen LogP) is 0.479. The lowest BCUT2D eigenvalue weighted by Crippen LogP contribution is -2.39. The number of hydrogen-bond acceptors (Lipinski definition) is 4. The first-order chi connectivity index (χ1) is 6.33. The van der Waals surface area contributed by atoms with Gasteiger partial charge in [-0.1, -0.05) is 0 Å². The highest BCUT2D eigenvalue weighted by Gasteiger charge is 2.14. The molecule has 13 heavy (non-hydrogen) atoms. The SMILES string of the molecule is COCC(O)CNC1CCSCC1. The zero-order valence-electron chi connectivity index (χ0n) is 8.16. The Labute approximate surface area is 84.2 Å². The summed E-state index contributed by atoms with van der Waals surface area (Å²) in [5.74, 6) is 2.50. The molecular formula is C9H19NO2S. The molecule has 1 aliphatic heterocycles. The largest absolute Gasteiger partial charge is 0.389 e. The summed E-state index contributed by atoms with van der Waals surface area (Å²) in [5, 5.41) is 12.7. The summed E-state index contributed by atoms with van der Waals surface area (Å²) in [7, 11) is 1.61. The lowest BCUT2D eigenvalue weighted by Gasteiger charge is -2.23. The van der Waals surface area contributed by atoms with E-state index in [4.69, 9.17) is 4.74 Å². The first kappa shape index (κ1) is 11.3. The van der Waals surface area contributed by atoms with Crippen molar-refractivity contribution in [1.29, 1.82) is 0 Å². The fraction of sp³-hybridized carbons (Fsp3) is 1.00. The van der Waals surface area contributed by atoms with Crippen LogP contribution in [0.5, 0.6) is 0 Å². The fourth-order valence-corrected chi connectivity index (χ4v) is 2.56. The van der Waals surface area contributed by atoms with Crippen molar-refractivity contribution in [1.82, 2.24) is 5.32 Å². The van der Waals surface area contributed by atoms with Crippen LogP contribution in [0, 0.1) is 0 Å². The molecule has 1 aliphatic rings. The molecule has 0 aromatic rings. The Morgan fingerprint density at radius 2 is 2.23 bits per heavy atom. The second kappa shape index (κ2) is 6.65. The number of nitrogens with one attached hydrogen (secondary N) is 1. The Morgan fingerprint density at radius 1 is 1.54 bits per heavy atom. The number of thioether (sulfide) groups is 1. The predicted molar refractivity (Wildman–Crippen MR) is 56.2 cm³/mol. The highest BCUT2D eigenvalue weighted by atomic mass is 32.2. The van der Waals surface area contributed by atoms with Gasteiger partial charge in [-0.05, 0) is 24.3 Å². The van der Waals surface area contributed by atoms with E-state index in [9.17, 15) is 5.11 Å². The number of aliphatic hydroxyl groups excluding tert-OH is 1. The van der Waals surface area contributed by atoms with Gasteiger partial charge < -0.3 is 15.2 Å². The van der Waals surface area contributed by atoms with Gasteiger partial charge in [0, 0.05) is 19.7 Å². The van der Waals surface area contributed by atoms with E-state index in [1.165, 1.54) is 24.3 Å². The van der Waals surface area contributed by atoms with Crippen molar-refractivity contribution in [3.63, 3.8) is 0 Å². The van der Waals surface area contributed by atoms with Gasteiger partial charge in [0.2, 0.25) is 0 Å². The average molecular weight is 205 g/mol. The van der Waals surface area contributed by atoms with Gasteiger partial charge in [-0.3, -0.25) is 0 Å². The highest BCUT2D eigenvalue weighted by Crippen LogP contribution is 2.16. The minimum absolute atomic E-state index is 0.362. The summed E-state index contributed by atoms with van der Waals surface area (Å²) in [6.45, 7) is 1.08. The lowest BCUT2D eigenvalue weighted by molar-refractivity contribution is 0.0625. The third-order valence-electron chi connectivity index (χ3n) is 2.22. The summed E-state index contributed by atoms with van der Waals surface area (Å²) in [6, 6.07) is 0.604. The summed E-state index contributed by atoms with van der Waals surface area (Å²) in [6.07, 6.45) is 2.09. The molecule has 3 nitrogen and oxygen atoms in total. The monoisotopic (exact) mass is 205 g/mol. The van der Waals surface area contributed by atoms with E-state index < -0.39 is 0 Å². The van der Waals surface area contributed by atoms with E-state index in [-0.39, 0.29) is 6.10 Å². The van der Waals surface area contributed by atoms with Gasteiger partial charge in [0.25, 0.3) is 0 Å². The molecule has 0 amide bonds. The molecule has 0 saturated carbocycles. The average Bonchev–Trinajstić information content (AvgIpc) is 2.17. The maximum atomic E-state index is 9.39. The maximum absolute atomic E-state index is 9.39. The molecule has 1 fully saturated rings. The van der Waals surface area contributed by atoms with Crippen LogP contribution in [0.4, 0.5) is 0 Å². The van der Waals surface area contributed by atoms with Gasteiger partial charge in [0.1, 0.15) is 0 Å². The summed E-state index contributed by atoms with van der Waals surface area (Å²) in [4.78, 5) is 0. The number of ether oxygens (including phenoxy) is 1. The van der Waals surface area contributed by atoms with E-state index >= 15 is 0 Å². The Bertz CT molecular complexity index is 129. The summed E-state index contributed by atoms with van der Waals surface area (Å²) in [5.41, 5.74) is 0. The van der Waals surface area contributed by atoms with Crippen LogP contribution < -0.4 is 5.32 Å². The number of methoxy groups -OCH3 is 1. The molecule has 0 aromatic carbocycles. The highest BCUT2D eigenvalue weighted by molar-refractivity contribution is 7.99. The maximum Gasteiger partial charge on any atom is 0.0897 e. The molecular weight excluding hydrogens is 186 g/mol. The molecule has 1 heterocycles. The van der Waals surface area contributed by atoms with E-state index in [1.807, 2.05) is 11.8 Å². The van der Waals surface area contributed by atoms with Crippen molar-refractivity contribution in [2.75, 3.05) is 31.8 Å². The van der Waals surface area contributed by atoms with Gasteiger partial charge >= 0.3 is 0 Å². The van der Waals surface area contributed by atoms with Crippen LogP contribution in [-0.2, 0) is 4.74 Å². The standard InChI is InChI=1S/C9H19NO2S/c1-12-7-9(11)6-10-8-2-4-13-5-3-8/h8-11H,2-7H2,1H3. The molecule has 0 bridgehead atoms. The number of rotatable bonds is 5. The van der Waals surface area contributed by atoms with E-state index in [0.717, 1.165) is 0 Å². The van der Waals surface area contributed by atoms with Crippen LogP contribution in [0.3, 0.4) is 0 Å². The van der Waals surface area contributed by atoms with Crippen molar-refractivity contribution < 1.29 is 9.84 Å². The minimum Gasteiger partial charge on any atom is -0.389 e. The van der Waals surface area contributed by atoms with Crippen molar-refractivity contribution in [3.05, 3.63) is 0 Å². The fourth-order valence-electron chi connectivity index (χ4n) is 1.46. The molecule has 2 N–H and O–H groups in total. The molecule has 4 heteroatoms. The van der Waals surface area contributed by atoms with E-state index in [2.05, 4.69) is 5.32 Å². The minimum atomic E-state index is -0.362. The van der Waals surface area contributed by atoms with Crippen LogP contribution in [-0.4, -0.2) is 49.0 Å². The molecule has 0 aliphatic carbocycles. The third-order valence-corrected chi connectivity index (χ3v) is 3.27. The van der Waals surface area contributed by atoms with Crippen LogP contribution >= 0.6 is 11.8 Å². The van der Waals surface area contributed by atoms with Gasteiger partial charge in [-0.15, -0.1) is 0 Å². The first-order valence-electron chi connectivity index (χ1n) is 4.81. The molecule has 1 unspecified atom stereocenters. The Kier molecular flexibility index (Phi) is 5.78. The molecule has 1 rings (SSSR count). The molecule has 78 valence electrons. The molecule has 1 saturated heterocycles. The molecule has 0 radical (unpaired) electrons. The Hall–Kier alpha value is 0.230. The van der Waals surface area contributed by atoms with E-state index in [1.54, 1.807) is 7.11 Å². The molecule has 0 aromatic heterocycles. The topological polar surface area (TPSA) is 41.5 Å². The first-order valence-corrected chi connectivity index (χ1v) is 5.96. The number of hydrogen-bond donors (Lipinski definition) is 2. The van der Waals surface area contributed by atoms with Crippen molar-refractivity contribution in [2.45, 2.75) is 25.0 Å². The second-order valence-electron chi connectivity index (χ2n) is 3.40.